The van der Waals surface area contributed by atoms with Gasteiger partial charge in [0.15, 0.2) is 0 Å². The number of carbonyl (C=O) groups is 1. The molecule has 0 aromatic heterocycles. The van der Waals surface area contributed by atoms with Gasteiger partial charge in [-0.05, 0) is 12.1 Å². The molecule has 0 saturated carbocycles. The number of aromatic carboxylic acids is 1. The molecule has 0 atom stereocenters. The van der Waals surface area contributed by atoms with Gasteiger partial charge in [0.1, 0.15) is 0 Å². The van der Waals surface area contributed by atoms with E-state index < -0.39 is 5.97 Å². The van der Waals surface area contributed by atoms with E-state index >= 15 is 0 Å². The molecule has 0 radical (unpaired) electrons. The third kappa shape index (κ3) is 7.15. The number of carboxylic acid groups (broad SMARTS) is 1. The van der Waals surface area contributed by atoms with Crippen LogP contribution in [0.15, 0.2) is 47.1 Å². The number of carboxylic acids is 1. The van der Waals surface area contributed by atoms with E-state index in [1.54, 1.807) is 30.3 Å². The summed E-state index contributed by atoms with van der Waals surface area (Å²) < 4.78 is 0. The molecule has 1 aromatic rings. The summed E-state index contributed by atoms with van der Waals surface area (Å²) in [6.45, 7) is 10.9. The van der Waals surface area contributed by atoms with Crippen molar-refractivity contribution in [1.82, 2.24) is 0 Å². The zero-order valence-corrected chi connectivity index (χ0v) is 16.8. The first-order valence-electron chi connectivity index (χ1n) is 6.34. The molecule has 22 heavy (non-hydrogen) atoms. The molecule has 0 spiro atoms. The quantitative estimate of drug-likeness (QED) is 0.529. The monoisotopic (exact) mass is 377 g/mol. The van der Waals surface area contributed by atoms with E-state index in [1.807, 2.05) is 0 Å². The Kier molecular flexibility index (Phi) is 13.3. The number of rotatable bonds is 1. The average molecular weight is 378 g/mol. The van der Waals surface area contributed by atoms with E-state index in [0.717, 1.165) is 0 Å². The Hall–Kier alpha value is -0.536. The van der Waals surface area contributed by atoms with Gasteiger partial charge < -0.3 is 5.11 Å². The Balaban J connectivity index is -0.000000290. The van der Waals surface area contributed by atoms with E-state index in [1.165, 1.54) is 16.7 Å². The van der Waals surface area contributed by atoms with Crippen molar-refractivity contribution in [3.05, 3.63) is 58.7 Å². The summed E-state index contributed by atoms with van der Waals surface area (Å²) in [6.07, 6.45) is 3.44. The summed E-state index contributed by atoms with van der Waals surface area (Å²) >= 11 is 0. The van der Waals surface area contributed by atoms with Gasteiger partial charge in [-0.1, -0.05) is 51.3 Å². The van der Waals surface area contributed by atoms with Crippen molar-refractivity contribution in [2.75, 3.05) is 0 Å². The van der Waals surface area contributed by atoms with Gasteiger partial charge in [0.05, 0.1) is 5.56 Å². The molecule has 0 aliphatic heterocycles. The fraction of sp³-hybridized carbons (Fsp3) is 0.353. The van der Waals surface area contributed by atoms with Gasteiger partial charge in [-0.15, -0.1) is 31.7 Å². The van der Waals surface area contributed by atoms with E-state index in [2.05, 4.69) is 40.7 Å². The van der Waals surface area contributed by atoms with Crippen molar-refractivity contribution in [3.8, 4) is 0 Å². The fourth-order valence-corrected chi connectivity index (χ4v) is 1.99. The van der Waals surface area contributed by atoms with Gasteiger partial charge in [-0.25, -0.2) is 10.4 Å². The maximum atomic E-state index is 10.2. The molecule has 1 aliphatic carbocycles. The number of halogens is 2. The minimum absolute atomic E-state index is 0. The summed E-state index contributed by atoms with van der Waals surface area (Å²) in [5.41, 5.74) is 4.73. The van der Waals surface area contributed by atoms with Crippen LogP contribution >= 0.6 is 24.8 Å². The molecule has 5 heteroatoms. The van der Waals surface area contributed by atoms with Crippen LogP contribution < -0.4 is 0 Å². The molecule has 1 N–H and O–H groups in total. The molecule has 0 saturated heterocycles. The molecule has 122 valence electrons. The van der Waals surface area contributed by atoms with Crippen molar-refractivity contribution >= 4 is 30.8 Å². The van der Waals surface area contributed by atoms with Crippen molar-refractivity contribution in [2.24, 2.45) is 5.41 Å². The Morgan fingerprint density at radius 1 is 1.05 bits per heavy atom. The number of hydrogen-bond donors (Lipinski definition) is 1. The van der Waals surface area contributed by atoms with Crippen LogP contribution in [0.5, 0.6) is 0 Å². The summed E-state index contributed by atoms with van der Waals surface area (Å²) in [7, 11) is 0. The molecular weight excluding hydrogens is 355 g/mol. The molecule has 2 rings (SSSR count). The smallest absolute Gasteiger partial charge is 0.335 e. The van der Waals surface area contributed by atoms with E-state index in [-0.39, 0.29) is 51.9 Å². The van der Waals surface area contributed by atoms with Crippen LogP contribution in [0.2, 0.25) is 0 Å². The summed E-state index contributed by atoms with van der Waals surface area (Å²) in [4.78, 5) is 10.2. The minimum Gasteiger partial charge on any atom is -0.478 e. The predicted octanol–water partition coefficient (Wildman–Crippen LogP) is 5.34. The van der Waals surface area contributed by atoms with E-state index in [9.17, 15) is 4.79 Å². The predicted molar refractivity (Wildman–Crippen MR) is 92.5 cm³/mol. The number of hydrogen-bond acceptors (Lipinski definition) is 1. The maximum Gasteiger partial charge on any atom is 0.335 e. The maximum absolute atomic E-state index is 10.2. The minimum atomic E-state index is -0.879. The van der Waals surface area contributed by atoms with E-state index in [0.29, 0.717) is 5.56 Å². The van der Waals surface area contributed by atoms with Gasteiger partial charge >= 0.3 is 5.97 Å². The SMILES string of the molecule is CC1=[C-]C(C)(C)C(C)=C1C.Cl.Cl.O=C(O)c1ccccc1.[Ti]. The molecule has 0 heterocycles. The Bertz CT molecular complexity index is 535. The van der Waals surface area contributed by atoms with Gasteiger partial charge in [-0.3, -0.25) is 6.08 Å². The van der Waals surface area contributed by atoms with Gasteiger partial charge in [0.2, 0.25) is 0 Å². The standard InChI is InChI=1S/C10H15.C7H6O2.2ClH.Ti/c1-7-6-10(4,5)9(3)8(7)2;8-7(9)6-4-2-1-3-5-6;;;/h1-5H3;1-5H,(H,8,9);2*1H;/q-1;;;;. The van der Waals surface area contributed by atoms with Crippen molar-refractivity contribution in [3.63, 3.8) is 0 Å². The normalized spacial score (nSPS) is 14.3. The van der Waals surface area contributed by atoms with Crippen molar-refractivity contribution < 1.29 is 31.6 Å². The number of allylic oxidation sites excluding steroid dienone is 4. The molecule has 0 bridgehead atoms. The van der Waals surface area contributed by atoms with Crippen LogP contribution in [-0.2, 0) is 21.7 Å². The summed E-state index contributed by atoms with van der Waals surface area (Å²) in [5, 5.41) is 8.38. The molecule has 0 unspecified atom stereocenters. The second-order valence-corrected chi connectivity index (χ2v) is 5.30. The molecular formula is C17H23Cl2O2Ti-. The van der Waals surface area contributed by atoms with Crippen LogP contribution in [0.3, 0.4) is 0 Å². The van der Waals surface area contributed by atoms with Crippen LogP contribution in [0, 0.1) is 11.5 Å². The molecule has 1 aliphatic rings. The molecule has 2 nitrogen and oxygen atoms in total. The zero-order valence-electron chi connectivity index (χ0n) is 13.6. The van der Waals surface area contributed by atoms with Crippen LogP contribution in [0.4, 0.5) is 0 Å². The summed E-state index contributed by atoms with van der Waals surface area (Å²) in [5.74, 6) is -0.879. The molecule has 0 fully saturated rings. The first-order chi connectivity index (χ1) is 8.75. The number of benzene rings is 1. The Morgan fingerprint density at radius 3 is 1.68 bits per heavy atom. The third-order valence-corrected chi connectivity index (χ3v) is 3.58. The van der Waals surface area contributed by atoms with Gasteiger partial charge in [0, 0.05) is 21.7 Å². The third-order valence-electron chi connectivity index (χ3n) is 3.58. The van der Waals surface area contributed by atoms with E-state index in [4.69, 9.17) is 5.11 Å². The van der Waals surface area contributed by atoms with Crippen LogP contribution in [0.1, 0.15) is 45.0 Å². The van der Waals surface area contributed by atoms with Gasteiger partial charge in [0.25, 0.3) is 0 Å². The second kappa shape index (κ2) is 11.1. The first kappa shape index (κ1) is 26.4. The Morgan fingerprint density at radius 2 is 1.50 bits per heavy atom. The van der Waals surface area contributed by atoms with Crippen LogP contribution in [-0.4, -0.2) is 11.1 Å². The molecule has 0 amide bonds. The Labute approximate surface area is 160 Å². The summed E-state index contributed by atoms with van der Waals surface area (Å²) in [6, 6.07) is 8.30. The molecule has 1 aromatic carbocycles. The largest absolute Gasteiger partial charge is 0.478 e. The first-order valence-corrected chi connectivity index (χ1v) is 6.34. The van der Waals surface area contributed by atoms with Crippen molar-refractivity contribution in [2.45, 2.75) is 34.6 Å². The topological polar surface area (TPSA) is 37.3 Å². The van der Waals surface area contributed by atoms with Crippen LogP contribution in [0.25, 0.3) is 0 Å². The van der Waals surface area contributed by atoms with Crippen molar-refractivity contribution in [1.29, 1.82) is 0 Å². The average Bonchev–Trinajstić information content (AvgIpc) is 2.54. The van der Waals surface area contributed by atoms with Gasteiger partial charge in [-0.2, -0.15) is 11.1 Å². The zero-order chi connectivity index (χ0) is 14.6. The second-order valence-electron chi connectivity index (χ2n) is 5.30. The fourth-order valence-electron chi connectivity index (χ4n) is 1.99.